The zero-order valence-electron chi connectivity index (χ0n) is 12.0. The highest BCUT2D eigenvalue weighted by Crippen LogP contribution is 2.18. The van der Waals surface area contributed by atoms with Crippen LogP contribution in [0, 0.1) is 0 Å². The third kappa shape index (κ3) is 3.91. The van der Waals surface area contributed by atoms with Crippen LogP contribution in [-0.4, -0.2) is 67.7 Å². The van der Waals surface area contributed by atoms with Gasteiger partial charge in [-0.15, -0.1) is 0 Å². The van der Waals surface area contributed by atoms with Crippen LogP contribution >= 0.6 is 0 Å². The Morgan fingerprint density at radius 2 is 1.89 bits per heavy atom. The van der Waals surface area contributed by atoms with Gasteiger partial charge in [-0.25, -0.2) is 0 Å². The van der Waals surface area contributed by atoms with Gasteiger partial charge in [0.15, 0.2) is 0 Å². The lowest BCUT2D eigenvalue weighted by molar-refractivity contribution is -0.131. The van der Waals surface area contributed by atoms with Gasteiger partial charge in [-0.3, -0.25) is 9.69 Å². The molecular formula is C14H27N3O2. The Balaban J connectivity index is 1.81. The molecule has 110 valence electrons. The summed E-state index contributed by atoms with van der Waals surface area (Å²) in [5.74, 6) is 0.279. The van der Waals surface area contributed by atoms with E-state index in [2.05, 4.69) is 4.90 Å². The molecule has 0 aliphatic carbocycles. The highest BCUT2D eigenvalue weighted by atomic mass is 16.5. The molecule has 5 heteroatoms. The van der Waals surface area contributed by atoms with Crippen LogP contribution in [0.15, 0.2) is 0 Å². The number of carbonyl (C=O) groups is 1. The molecule has 0 radical (unpaired) electrons. The van der Waals surface area contributed by atoms with Crippen LogP contribution in [0.4, 0.5) is 0 Å². The van der Waals surface area contributed by atoms with E-state index in [1.54, 1.807) is 7.11 Å². The van der Waals surface area contributed by atoms with Gasteiger partial charge < -0.3 is 15.4 Å². The number of methoxy groups -OCH3 is 1. The molecule has 5 nitrogen and oxygen atoms in total. The summed E-state index contributed by atoms with van der Waals surface area (Å²) < 4.78 is 5.38. The van der Waals surface area contributed by atoms with Gasteiger partial charge in [-0.1, -0.05) is 0 Å². The molecular weight excluding hydrogens is 242 g/mol. The topological polar surface area (TPSA) is 58.8 Å². The summed E-state index contributed by atoms with van der Waals surface area (Å²) in [7, 11) is 1.78. The van der Waals surface area contributed by atoms with Crippen molar-refractivity contribution in [3.8, 4) is 0 Å². The van der Waals surface area contributed by atoms with Crippen molar-refractivity contribution in [3.63, 3.8) is 0 Å². The van der Waals surface area contributed by atoms with Gasteiger partial charge in [0, 0.05) is 52.3 Å². The third-order valence-electron chi connectivity index (χ3n) is 4.47. The molecule has 1 amide bonds. The van der Waals surface area contributed by atoms with Crippen LogP contribution in [0.3, 0.4) is 0 Å². The maximum atomic E-state index is 12.2. The first-order valence-corrected chi connectivity index (χ1v) is 7.49. The van der Waals surface area contributed by atoms with E-state index in [1.165, 1.54) is 0 Å². The maximum absolute atomic E-state index is 12.2. The molecule has 2 aliphatic heterocycles. The maximum Gasteiger partial charge on any atom is 0.224 e. The standard InChI is InChI=1S/C14H27N3O2/c1-19-13-4-8-16(9-5-13)12(11-15)10-14(18)17-6-2-3-7-17/h12-13H,2-11,15H2,1H3. The fourth-order valence-corrected chi connectivity index (χ4v) is 3.14. The molecule has 0 saturated carbocycles. The molecule has 19 heavy (non-hydrogen) atoms. The van der Waals surface area contributed by atoms with Crippen LogP contribution in [0.5, 0.6) is 0 Å². The van der Waals surface area contributed by atoms with E-state index in [-0.39, 0.29) is 11.9 Å². The van der Waals surface area contributed by atoms with Gasteiger partial charge >= 0.3 is 0 Å². The van der Waals surface area contributed by atoms with Crippen molar-refractivity contribution < 1.29 is 9.53 Å². The number of amides is 1. The van der Waals surface area contributed by atoms with Crippen LogP contribution in [-0.2, 0) is 9.53 Å². The Morgan fingerprint density at radius 3 is 2.42 bits per heavy atom. The quantitative estimate of drug-likeness (QED) is 0.786. The summed E-state index contributed by atoms with van der Waals surface area (Å²) in [5, 5.41) is 0. The molecule has 0 aromatic rings. The Bertz CT molecular complexity index is 284. The average molecular weight is 269 g/mol. The molecule has 2 aliphatic rings. The van der Waals surface area contributed by atoms with Crippen molar-refractivity contribution in [2.75, 3.05) is 39.8 Å². The zero-order chi connectivity index (χ0) is 13.7. The van der Waals surface area contributed by atoms with Crippen molar-refractivity contribution in [3.05, 3.63) is 0 Å². The highest BCUT2D eigenvalue weighted by molar-refractivity contribution is 5.77. The minimum atomic E-state index is 0.200. The second-order valence-electron chi connectivity index (χ2n) is 5.65. The smallest absolute Gasteiger partial charge is 0.224 e. The Hall–Kier alpha value is -0.650. The summed E-state index contributed by atoms with van der Waals surface area (Å²) in [5.41, 5.74) is 5.87. The second kappa shape index (κ2) is 7.22. The molecule has 0 aromatic carbocycles. The van der Waals surface area contributed by atoms with Crippen LogP contribution in [0.2, 0.25) is 0 Å². The molecule has 2 rings (SSSR count). The van der Waals surface area contributed by atoms with Crippen LogP contribution < -0.4 is 5.73 Å². The first-order chi connectivity index (χ1) is 9.24. The van der Waals surface area contributed by atoms with Crippen molar-refractivity contribution >= 4 is 5.91 Å². The number of hydrogen-bond acceptors (Lipinski definition) is 4. The van der Waals surface area contributed by atoms with E-state index in [9.17, 15) is 4.79 Å². The molecule has 0 spiro atoms. The van der Waals surface area contributed by atoms with Crippen molar-refractivity contribution in [1.29, 1.82) is 0 Å². The molecule has 1 unspecified atom stereocenters. The van der Waals surface area contributed by atoms with Gasteiger partial charge in [0.2, 0.25) is 5.91 Å². The molecule has 0 bridgehead atoms. The first-order valence-electron chi connectivity index (χ1n) is 7.49. The summed E-state index contributed by atoms with van der Waals surface area (Å²) in [6.07, 6.45) is 5.35. The minimum Gasteiger partial charge on any atom is -0.381 e. The van der Waals surface area contributed by atoms with Crippen LogP contribution in [0.1, 0.15) is 32.1 Å². The lowest BCUT2D eigenvalue weighted by Gasteiger charge is -2.36. The number of likely N-dealkylation sites (tertiary alicyclic amines) is 2. The largest absolute Gasteiger partial charge is 0.381 e. The van der Waals surface area contributed by atoms with Crippen LogP contribution in [0.25, 0.3) is 0 Å². The van der Waals surface area contributed by atoms with Crippen molar-refractivity contribution in [2.24, 2.45) is 5.73 Å². The second-order valence-corrected chi connectivity index (χ2v) is 5.65. The van der Waals surface area contributed by atoms with E-state index in [4.69, 9.17) is 10.5 Å². The number of nitrogens with zero attached hydrogens (tertiary/aromatic N) is 2. The normalized spacial score (nSPS) is 23.8. The summed E-state index contributed by atoms with van der Waals surface area (Å²) in [6.45, 7) is 4.42. The van der Waals surface area contributed by atoms with E-state index >= 15 is 0 Å². The van der Waals surface area contributed by atoms with E-state index in [0.29, 0.717) is 19.1 Å². The molecule has 1 atom stereocenters. The first kappa shape index (κ1) is 14.8. The van der Waals surface area contributed by atoms with Gasteiger partial charge in [0.05, 0.1) is 6.10 Å². The summed E-state index contributed by atoms with van der Waals surface area (Å²) >= 11 is 0. The minimum absolute atomic E-state index is 0.200. The predicted octanol–water partition coefficient (Wildman–Crippen LogP) is 0.437. The summed E-state index contributed by atoms with van der Waals surface area (Å²) in [4.78, 5) is 16.6. The third-order valence-corrected chi connectivity index (χ3v) is 4.47. The number of piperidine rings is 1. The Labute approximate surface area is 116 Å². The van der Waals surface area contributed by atoms with Gasteiger partial charge in [-0.05, 0) is 25.7 Å². The number of hydrogen-bond donors (Lipinski definition) is 1. The number of nitrogens with two attached hydrogens (primary N) is 1. The molecule has 0 aromatic heterocycles. The number of ether oxygens (including phenoxy) is 1. The molecule has 2 saturated heterocycles. The van der Waals surface area contributed by atoms with E-state index in [0.717, 1.165) is 51.9 Å². The lowest BCUT2D eigenvalue weighted by Crippen LogP contribution is -2.48. The van der Waals surface area contributed by atoms with Gasteiger partial charge in [0.1, 0.15) is 0 Å². The van der Waals surface area contributed by atoms with Gasteiger partial charge in [-0.2, -0.15) is 0 Å². The zero-order valence-corrected chi connectivity index (χ0v) is 12.0. The fraction of sp³-hybridized carbons (Fsp3) is 0.929. The Morgan fingerprint density at radius 1 is 1.26 bits per heavy atom. The molecule has 2 N–H and O–H groups in total. The van der Waals surface area contributed by atoms with Crippen molar-refractivity contribution in [2.45, 2.75) is 44.2 Å². The number of rotatable bonds is 5. The van der Waals surface area contributed by atoms with Gasteiger partial charge in [0.25, 0.3) is 0 Å². The van der Waals surface area contributed by atoms with Crippen molar-refractivity contribution in [1.82, 2.24) is 9.80 Å². The monoisotopic (exact) mass is 269 g/mol. The average Bonchev–Trinajstić information content (AvgIpc) is 2.99. The van der Waals surface area contributed by atoms with E-state index in [1.807, 2.05) is 4.90 Å². The predicted molar refractivity (Wildman–Crippen MR) is 74.9 cm³/mol. The fourth-order valence-electron chi connectivity index (χ4n) is 3.14. The number of carbonyl (C=O) groups excluding carboxylic acids is 1. The van der Waals surface area contributed by atoms with E-state index < -0.39 is 0 Å². The summed E-state index contributed by atoms with van der Waals surface area (Å²) in [6, 6.07) is 0.200. The highest BCUT2D eigenvalue weighted by Gasteiger charge is 2.28. The molecule has 2 heterocycles. The molecule has 2 fully saturated rings. The Kier molecular flexibility index (Phi) is 5.60. The SMILES string of the molecule is COC1CCN(C(CN)CC(=O)N2CCCC2)CC1. The lowest BCUT2D eigenvalue weighted by atomic mass is 10.0.